The van der Waals surface area contributed by atoms with Gasteiger partial charge in [0.15, 0.2) is 0 Å². The molecular weight excluding hydrogens is 378 g/mol. The fraction of sp³-hybridized carbons (Fsp3) is 0.0690. The van der Waals surface area contributed by atoms with Crippen molar-refractivity contribution >= 4 is 33.2 Å². The van der Waals surface area contributed by atoms with Crippen LogP contribution in [0.4, 0.5) is 0 Å². The van der Waals surface area contributed by atoms with E-state index in [4.69, 9.17) is 4.42 Å². The van der Waals surface area contributed by atoms with Gasteiger partial charge in [0.2, 0.25) is 0 Å². The van der Waals surface area contributed by atoms with E-state index in [-0.39, 0.29) is 0 Å². The van der Waals surface area contributed by atoms with Gasteiger partial charge in [-0.3, -0.25) is 4.99 Å². The molecule has 0 radical (unpaired) electrons. The maximum atomic E-state index is 6.21. The Labute approximate surface area is 182 Å². The van der Waals surface area contributed by atoms with Gasteiger partial charge in [-0.15, -0.1) is 0 Å². The molecule has 0 saturated heterocycles. The van der Waals surface area contributed by atoms with Gasteiger partial charge in [-0.2, -0.15) is 0 Å². The minimum absolute atomic E-state index is 0.800. The summed E-state index contributed by atoms with van der Waals surface area (Å²) in [6, 6.07) is 23.2. The highest BCUT2D eigenvalue weighted by molar-refractivity contribution is 6.16. The van der Waals surface area contributed by atoms with Crippen LogP contribution in [0.3, 0.4) is 0 Å². The molecule has 1 aliphatic rings. The van der Waals surface area contributed by atoms with Gasteiger partial charge < -0.3 is 4.42 Å². The van der Waals surface area contributed by atoms with Crippen LogP contribution in [0.2, 0.25) is 0 Å². The van der Waals surface area contributed by atoms with E-state index in [0.717, 1.165) is 50.0 Å². The molecule has 0 spiro atoms. The number of allylic oxidation sites excluding steroid dienone is 7. The van der Waals surface area contributed by atoms with Crippen molar-refractivity contribution in [1.82, 2.24) is 0 Å². The molecule has 0 unspecified atom stereocenters. The highest BCUT2D eigenvalue weighted by atomic mass is 16.3. The van der Waals surface area contributed by atoms with Gasteiger partial charge in [-0.05, 0) is 42.7 Å². The summed E-state index contributed by atoms with van der Waals surface area (Å²) in [5, 5.41) is 2.30. The van der Waals surface area contributed by atoms with Crippen molar-refractivity contribution < 1.29 is 4.42 Å². The Morgan fingerprint density at radius 2 is 1.55 bits per heavy atom. The normalized spacial score (nSPS) is 16.4. The number of para-hydroxylation sites is 2. The lowest BCUT2D eigenvalue weighted by Crippen LogP contribution is -2.03. The summed E-state index contributed by atoms with van der Waals surface area (Å²) in [6.07, 6.45) is 8.20. The number of nitrogens with zero attached hydrogens (tertiary/aromatic N) is 1. The number of benzene rings is 3. The zero-order valence-corrected chi connectivity index (χ0v) is 17.7. The van der Waals surface area contributed by atoms with Crippen molar-refractivity contribution in [2.24, 2.45) is 4.99 Å². The molecule has 0 aliphatic heterocycles. The largest absolute Gasteiger partial charge is 0.455 e. The molecule has 2 nitrogen and oxygen atoms in total. The number of rotatable bonds is 3. The van der Waals surface area contributed by atoms with Crippen LogP contribution in [-0.2, 0) is 0 Å². The Morgan fingerprint density at radius 3 is 2.35 bits per heavy atom. The lowest BCUT2D eigenvalue weighted by Gasteiger charge is -2.13. The Morgan fingerprint density at radius 1 is 0.806 bits per heavy atom. The number of furan rings is 1. The fourth-order valence-electron chi connectivity index (χ4n) is 4.12. The summed E-state index contributed by atoms with van der Waals surface area (Å²) < 4.78 is 6.21. The SMILES string of the molecule is C=C(C)/N=C1/C=CC=C/C1=C(/C)c1ccc(-c2cccc3c2oc2ccccc23)cc1. The highest BCUT2D eigenvalue weighted by Crippen LogP contribution is 2.36. The first-order valence-electron chi connectivity index (χ1n) is 10.4. The van der Waals surface area contributed by atoms with Gasteiger partial charge >= 0.3 is 0 Å². The molecule has 2 heteroatoms. The summed E-state index contributed by atoms with van der Waals surface area (Å²) in [4.78, 5) is 4.60. The van der Waals surface area contributed by atoms with Crippen LogP contribution >= 0.6 is 0 Å². The second-order valence-corrected chi connectivity index (χ2v) is 7.85. The van der Waals surface area contributed by atoms with Crippen molar-refractivity contribution in [2.45, 2.75) is 13.8 Å². The number of hydrogen-bond donors (Lipinski definition) is 0. The maximum Gasteiger partial charge on any atom is 0.143 e. The van der Waals surface area contributed by atoms with Crippen LogP contribution in [0.15, 0.2) is 118 Å². The van der Waals surface area contributed by atoms with Gasteiger partial charge in [-0.25, -0.2) is 0 Å². The Bertz CT molecular complexity index is 1440. The zero-order valence-electron chi connectivity index (χ0n) is 17.7. The molecule has 0 fully saturated rings. The molecule has 1 aliphatic carbocycles. The molecule has 5 rings (SSSR count). The molecule has 0 bridgehead atoms. The van der Waals surface area contributed by atoms with E-state index in [2.05, 4.69) is 79.2 Å². The summed E-state index contributed by atoms with van der Waals surface area (Å²) in [7, 11) is 0. The topological polar surface area (TPSA) is 25.5 Å². The highest BCUT2D eigenvalue weighted by Gasteiger charge is 2.13. The maximum absolute atomic E-state index is 6.21. The van der Waals surface area contributed by atoms with Crippen molar-refractivity contribution in [1.29, 1.82) is 0 Å². The molecule has 3 aromatic carbocycles. The van der Waals surface area contributed by atoms with Crippen LogP contribution in [0.5, 0.6) is 0 Å². The van der Waals surface area contributed by atoms with Crippen LogP contribution in [0.1, 0.15) is 19.4 Å². The van der Waals surface area contributed by atoms with Crippen molar-refractivity contribution in [3.05, 3.63) is 114 Å². The molecule has 1 heterocycles. The van der Waals surface area contributed by atoms with Crippen LogP contribution in [-0.4, -0.2) is 5.71 Å². The zero-order chi connectivity index (χ0) is 21.4. The monoisotopic (exact) mass is 401 g/mol. The second kappa shape index (κ2) is 7.73. The molecule has 1 aromatic heterocycles. The van der Waals surface area contributed by atoms with Crippen molar-refractivity contribution in [2.75, 3.05) is 0 Å². The average molecular weight is 402 g/mol. The Balaban J connectivity index is 1.57. The van der Waals surface area contributed by atoms with Crippen LogP contribution < -0.4 is 0 Å². The first kappa shape index (κ1) is 19.1. The summed E-state index contributed by atoms with van der Waals surface area (Å²) in [6.45, 7) is 7.98. The molecule has 150 valence electrons. The van der Waals surface area contributed by atoms with Crippen molar-refractivity contribution in [3.63, 3.8) is 0 Å². The predicted molar refractivity (Wildman–Crippen MR) is 132 cm³/mol. The van der Waals surface area contributed by atoms with E-state index in [1.807, 2.05) is 37.3 Å². The molecule has 0 amide bonds. The fourth-order valence-corrected chi connectivity index (χ4v) is 4.12. The smallest absolute Gasteiger partial charge is 0.143 e. The van der Waals surface area contributed by atoms with Gasteiger partial charge in [0.05, 0.1) is 5.71 Å². The van der Waals surface area contributed by atoms with Crippen molar-refractivity contribution in [3.8, 4) is 11.1 Å². The van der Waals surface area contributed by atoms with Gasteiger partial charge in [-0.1, -0.05) is 85.5 Å². The lowest BCUT2D eigenvalue weighted by atomic mass is 9.93. The van der Waals surface area contributed by atoms with E-state index in [0.29, 0.717) is 0 Å². The van der Waals surface area contributed by atoms with Gasteiger partial charge in [0, 0.05) is 27.6 Å². The van der Waals surface area contributed by atoms with E-state index in [1.165, 1.54) is 11.1 Å². The van der Waals surface area contributed by atoms with Gasteiger partial charge in [0.25, 0.3) is 0 Å². The first-order chi connectivity index (χ1) is 15.1. The van der Waals surface area contributed by atoms with Crippen LogP contribution in [0, 0.1) is 0 Å². The van der Waals surface area contributed by atoms with E-state index >= 15 is 0 Å². The third-order valence-corrected chi connectivity index (χ3v) is 5.65. The summed E-state index contributed by atoms with van der Waals surface area (Å²) in [5.74, 6) is 0. The van der Waals surface area contributed by atoms with E-state index in [9.17, 15) is 0 Å². The van der Waals surface area contributed by atoms with Crippen LogP contribution in [0.25, 0.3) is 38.6 Å². The Kier molecular flexibility index (Phi) is 4.76. The molecule has 31 heavy (non-hydrogen) atoms. The number of aliphatic imine (C=N–C) groups is 1. The minimum Gasteiger partial charge on any atom is -0.455 e. The second-order valence-electron chi connectivity index (χ2n) is 7.85. The average Bonchev–Trinajstić information content (AvgIpc) is 3.18. The predicted octanol–water partition coefficient (Wildman–Crippen LogP) is 8.13. The van der Waals surface area contributed by atoms with Gasteiger partial charge in [0.1, 0.15) is 11.2 Å². The molecule has 4 aromatic rings. The number of fused-ring (bicyclic) bond motifs is 3. The van der Waals surface area contributed by atoms with E-state index < -0.39 is 0 Å². The third kappa shape index (κ3) is 3.47. The molecule has 0 atom stereocenters. The standard InChI is InChI=1S/C29H23NO/c1-19(2)30-27-13-6-4-9-23(27)20(3)21-15-17-22(18-16-21)24-11-8-12-26-25-10-5-7-14-28(25)31-29(24)26/h4-18H,1H2,2-3H3/b23-20+,30-27-. The first-order valence-corrected chi connectivity index (χ1v) is 10.4. The Hall–Kier alpha value is -3.91. The quantitative estimate of drug-likeness (QED) is 0.340. The molecular formula is C29H23NO. The van der Waals surface area contributed by atoms with E-state index in [1.54, 1.807) is 0 Å². The molecule has 0 saturated carbocycles. The third-order valence-electron chi connectivity index (χ3n) is 5.65. The summed E-state index contributed by atoms with van der Waals surface area (Å²) >= 11 is 0. The summed E-state index contributed by atoms with van der Waals surface area (Å²) in [5.41, 5.74) is 9.33. The lowest BCUT2D eigenvalue weighted by molar-refractivity contribution is 0.670. The minimum atomic E-state index is 0.800. The number of hydrogen-bond acceptors (Lipinski definition) is 2. The molecule has 0 N–H and O–H groups in total.